The Labute approximate surface area is 125 Å². The summed E-state index contributed by atoms with van der Waals surface area (Å²) in [5.41, 5.74) is 2.46. The van der Waals surface area contributed by atoms with Gasteiger partial charge >= 0.3 is 0 Å². The molecule has 0 bridgehead atoms. The molecule has 3 heteroatoms. The Bertz CT molecular complexity index is 525. The van der Waals surface area contributed by atoms with Crippen molar-refractivity contribution in [2.24, 2.45) is 0 Å². The Morgan fingerprint density at radius 1 is 1.05 bits per heavy atom. The molecule has 0 unspecified atom stereocenters. The maximum absolute atomic E-state index is 9.43. The van der Waals surface area contributed by atoms with E-state index in [9.17, 15) is 5.11 Å². The van der Waals surface area contributed by atoms with Gasteiger partial charge in [0.05, 0.1) is 0 Å². The van der Waals surface area contributed by atoms with Gasteiger partial charge < -0.3 is 10.4 Å². The highest BCUT2D eigenvalue weighted by Gasteiger charge is 1.98. The van der Waals surface area contributed by atoms with Gasteiger partial charge in [0.1, 0.15) is 5.75 Å². The molecule has 2 N–H and O–H groups in total. The standard InChI is InChI=1S/C17H21NOS/c1-2-10-18-12-14-6-8-17(9-7-14)20-13-15-4-3-5-16(19)11-15/h3-9,11,18-19H,2,10,12-13H2,1H3. The van der Waals surface area contributed by atoms with Gasteiger partial charge in [0.15, 0.2) is 0 Å². The molecule has 0 aliphatic heterocycles. The van der Waals surface area contributed by atoms with E-state index in [0.29, 0.717) is 5.75 Å². The first-order valence-corrected chi connectivity index (χ1v) is 7.97. The van der Waals surface area contributed by atoms with Crippen molar-refractivity contribution in [3.05, 3.63) is 59.7 Å². The molecule has 0 saturated carbocycles. The average Bonchev–Trinajstić information content (AvgIpc) is 2.47. The van der Waals surface area contributed by atoms with E-state index in [2.05, 4.69) is 36.5 Å². The fourth-order valence-electron chi connectivity index (χ4n) is 1.93. The molecule has 0 aliphatic rings. The Morgan fingerprint density at radius 3 is 2.55 bits per heavy atom. The number of hydrogen-bond acceptors (Lipinski definition) is 3. The first-order valence-electron chi connectivity index (χ1n) is 6.98. The number of hydrogen-bond donors (Lipinski definition) is 2. The molecule has 2 aromatic carbocycles. The third-order valence-electron chi connectivity index (χ3n) is 3.00. The second-order valence-electron chi connectivity index (χ2n) is 4.78. The summed E-state index contributed by atoms with van der Waals surface area (Å²) in [4.78, 5) is 1.26. The van der Waals surface area contributed by atoms with Gasteiger partial charge in [-0.2, -0.15) is 0 Å². The molecule has 20 heavy (non-hydrogen) atoms. The van der Waals surface area contributed by atoms with Crippen molar-refractivity contribution in [2.45, 2.75) is 30.5 Å². The molecule has 0 saturated heterocycles. The Hall–Kier alpha value is -1.45. The van der Waals surface area contributed by atoms with Crippen LogP contribution in [0.15, 0.2) is 53.4 Å². The number of thioether (sulfide) groups is 1. The van der Waals surface area contributed by atoms with E-state index >= 15 is 0 Å². The minimum Gasteiger partial charge on any atom is -0.508 e. The molecule has 0 aromatic heterocycles. The van der Waals surface area contributed by atoms with Gasteiger partial charge in [0, 0.05) is 17.2 Å². The van der Waals surface area contributed by atoms with E-state index in [1.807, 2.05) is 18.2 Å². The summed E-state index contributed by atoms with van der Waals surface area (Å²) in [5, 5.41) is 12.8. The molecule has 106 valence electrons. The molecule has 0 atom stereocenters. The summed E-state index contributed by atoms with van der Waals surface area (Å²) in [6.07, 6.45) is 1.16. The van der Waals surface area contributed by atoms with Gasteiger partial charge in [-0.05, 0) is 48.4 Å². The summed E-state index contributed by atoms with van der Waals surface area (Å²) in [7, 11) is 0. The fourth-order valence-corrected chi connectivity index (χ4v) is 2.77. The molecule has 0 amide bonds. The molecule has 2 rings (SSSR count). The number of phenols is 1. The number of nitrogens with one attached hydrogen (secondary N) is 1. The summed E-state index contributed by atoms with van der Waals surface area (Å²) in [6.45, 7) is 4.17. The zero-order valence-corrected chi connectivity index (χ0v) is 12.6. The Morgan fingerprint density at radius 2 is 1.85 bits per heavy atom. The minimum absolute atomic E-state index is 0.334. The van der Waals surface area contributed by atoms with E-state index in [1.165, 1.54) is 10.5 Å². The highest BCUT2D eigenvalue weighted by atomic mass is 32.2. The second-order valence-corrected chi connectivity index (χ2v) is 5.83. The zero-order chi connectivity index (χ0) is 14.2. The maximum Gasteiger partial charge on any atom is 0.115 e. The molecule has 0 heterocycles. The Kier molecular flexibility index (Phi) is 5.96. The van der Waals surface area contributed by atoms with Crippen molar-refractivity contribution in [3.8, 4) is 5.75 Å². The van der Waals surface area contributed by atoms with Crippen LogP contribution in [0.2, 0.25) is 0 Å². The first kappa shape index (κ1) is 14.9. The van der Waals surface area contributed by atoms with Crippen molar-refractivity contribution < 1.29 is 5.11 Å². The first-order chi connectivity index (χ1) is 9.78. The predicted molar refractivity (Wildman–Crippen MR) is 86.1 cm³/mol. The molecular weight excluding hydrogens is 266 g/mol. The van der Waals surface area contributed by atoms with Crippen LogP contribution in [0, 0.1) is 0 Å². The van der Waals surface area contributed by atoms with Crippen LogP contribution in [-0.4, -0.2) is 11.7 Å². The van der Waals surface area contributed by atoms with Gasteiger partial charge in [0.2, 0.25) is 0 Å². The van der Waals surface area contributed by atoms with Gasteiger partial charge in [-0.1, -0.05) is 31.2 Å². The van der Waals surface area contributed by atoms with Crippen LogP contribution >= 0.6 is 11.8 Å². The van der Waals surface area contributed by atoms with Gasteiger partial charge in [-0.15, -0.1) is 11.8 Å². The maximum atomic E-state index is 9.43. The van der Waals surface area contributed by atoms with Crippen molar-refractivity contribution in [3.63, 3.8) is 0 Å². The van der Waals surface area contributed by atoms with Crippen LogP contribution in [-0.2, 0) is 12.3 Å². The van der Waals surface area contributed by atoms with Crippen molar-refractivity contribution in [2.75, 3.05) is 6.54 Å². The lowest BCUT2D eigenvalue weighted by atomic mass is 10.2. The van der Waals surface area contributed by atoms with Crippen molar-refractivity contribution in [1.29, 1.82) is 0 Å². The number of benzene rings is 2. The number of aromatic hydroxyl groups is 1. The highest BCUT2D eigenvalue weighted by Crippen LogP contribution is 2.24. The zero-order valence-electron chi connectivity index (χ0n) is 11.8. The third kappa shape index (κ3) is 4.91. The monoisotopic (exact) mass is 287 g/mol. The SMILES string of the molecule is CCCNCc1ccc(SCc2cccc(O)c2)cc1. The summed E-state index contributed by atoms with van der Waals surface area (Å²) < 4.78 is 0. The number of phenolic OH excluding ortho intramolecular Hbond substituents is 1. The molecule has 0 spiro atoms. The summed E-state index contributed by atoms with van der Waals surface area (Å²) in [6, 6.07) is 16.1. The van der Waals surface area contributed by atoms with Gasteiger partial charge in [-0.25, -0.2) is 0 Å². The average molecular weight is 287 g/mol. The van der Waals surface area contributed by atoms with E-state index < -0.39 is 0 Å². The van der Waals surface area contributed by atoms with Crippen LogP contribution < -0.4 is 5.32 Å². The largest absolute Gasteiger partial charge is 0.508 e. The fraction of sp³-hybridized carbons (Fsp3) is 0.294. The van der Waals surface area contributed by atoms with Crippen molar-refractivity contribution in [1.82, 2.24) is 5.32 Å². The van der Waals surface area contributed by atoms with Crippen LogP contribution in [0.3, 0.4) is 0 Å². The molecule has 2 nitrogen and oxygen atoms in total. The smallest absolute Gasteiger partial charge is 0.115 e. The van der Waals surface area contributed by atoms with Crippen molar-refractivity contribution >= 4 is 11.8 Å². The lowest BCUT2D eigenvalue weighted by Gasteiger charge is -2.06. The van der Waals surface area contributed by atoms with Gasteiger partial charge in [0.25, 0.3) is 0 Å². The highest BCUT2D eigenvalue weighted by molar-refractivity contribution is 7.98. The molecule has 0 fully saturated rings. The van der Waals surface area contributed by atoms with E-state index in [4.69, 9.17) is 0 Å². The Balaban J connectivity index is 1.84. The molecule has 2 aromatic rings. The van der Waals surface area contributed by atoms with Crippen LogP contribution in [0.4, 0.5) is 0 Å². The van der Waals surface area contributed by atoms with Crippen LogP contribution in [0.5, 0.6) is 5.75 Å². The number of rotatable bonds is 7. The lowest BCUT2D eigenvalue weighted by Crippen LogP contribution is -2.13. The minimum atomic E-state index is 0.334. The molecular formula is C17H21NOS. The normalized spacial score (nSPS) is 10.7. The second kappa shape index (κ2) is 7.98. The van der Waals surface area contributed by atoms with E-state index in [-0.39, 0.29) is 0 Å². The molecule has 0 radical (unpaired) electrons. The lowest BCUT2D eigenvalue weighted by molar-refractivity contribution is 0.475. The van der Waals surface area contributed by atoms with Crippen LogP contribution in [0.1, 0.15) is 24.5 Å². The molecule has 0 aliphatic carbocycles. The quantitative estimate of drug-likeness (QED) is 0.592. The van der Waals surface area contributed by atoms with Gasteiger partial charge in [-0.3, -0.25) is 0 Å². The summed E-state index contributed by atoms with van der Waals surface area (Å²) in [5.74, 6) is 1.21. The summed E-state index contributed by atoms with van der Waals surface area (Å²) >= 11 is 1.79. The van der Waals surface area contributed by atoms with E-state index in [1.54, 1.807) is 17.8 Å². The van der Waals surface area contributed by atoms with Crippen LogP contribution in [0.25, 0.3) is 0 Å². The topological polar surface area (TPSA) is 32.3 Å². The predicted octanol–water partition coefficient (Wildman–Crippen LogP) is 4.18. The third-order valence-corrected chi connectivity index (χ3v) is 4.08. The van der Waals surface area contributed by atoms with E-state index in [0.717, 1.165) is 30.8 Å².